The van der Waals surface area contributed by atoms with Gasteiger partial charge in [0.25, 0.3) is 0 Å². The van der Waals surface area contributed by atoms with E-state index in [1.54, 1.807) is 6.07 Å². The number of hydrogen-bond donors (Lipinski definition) is 1. The molecule has 2 aromatic carbocycles. The molecule has 0 bridgehead atoms. The molecule has 0 aliphatic rings. The van der Waals surface area contributed by atoms with Crippen LogP contribution in [0.5, 0.6) is 0 Å². The highest BCUT2D eigenvalue weighted by molar-refractivity contribution is 7.98. The van der Waals surface area contributed by atoms with Crippen molar-refractivity contribution in [2.24, 2.45) is 0 Å². The molecule has 4 heteroatoms. The van der Waals surface area contributed by atoms with Crippen LogP contribution in [0, 0.1) is 5.82 Å². The third-order valence-corrected chi connectivity index (χ3v) is 3.40. The summed E-state index contributed by atoms with van der Waals surface area (Å²) in [6.07, 6.45) is 1.90. The number of rotatable bonds is 3. The summed E-state index contributed by atoms with van der Waals surface area (Å²) in [5.41, 5.74) is 1.26. The van der Waals surface area contributed by atoms with E-state index in [9.17, 15) is 9.18 Å². The fourth-order valence-corrected chi connectivity index (χ4v) is 2.41. The maximum Gasteiger partial charge on any atom is 0.336 e. The first kappa shape index (κ1) is 12.6. The molecule has 0 radical (unpaired) electrons. The molecule has 0 unspecified atom stereocenters. The molecular formula is C14H11FO2S. The number of carbonyl (C=O) groups is 1. The smallest absolute Gasteiger partial charge is 0.336 e. The Morgan fingerprint density at radius 3 is 2.56 bits per heavy atom. The van der Waals surface area contributed by atoms with Gasteiger partial charge in [0.15, 0.2) is 0 Å². The molecular weight excluding hydrogens is 251 g/mol. The Kier molecular flexibility index (Phi) is 3.67. The summed E-state index contributed by atoms with van der Waals surface area (Å²) in [7, 11) is 0. The zero-order valence-electron chi connectivity index (χ0n) is 9.68. The fourth-order valence-electron chi connectivity index (χ4n) is 1.79. The topological polar surface area (TPSA) is 37.3 Å². The molecule has 0 saturated heterocycles. The molecule has 2 aromatic rings. The number of carboxylic acids is 1. The summed E-state index contributed by atoms with van der Waals surface area (Å²) in [5.74, 6) is -1.49. The van der Waals surface area contributed by atoms with Crippen LogP contribution in [0.25, 0.3) is 11.1 Å². The van der Waals surface area contributed by atoms with Crippen LogP contribution in [0.15, 0.2) is 47.4 Å². The van der Waals surface area contributed by atoms with Crippen LogP contribution in [-0.4, -0.2) is 17.3 Å². The SMILES string of the molecule is CSc1ccccc1-c1cc(F)ccc1C(=O)O. The largest absolute Gasteiger partial charge is 0.478 e. The third kappa shape index (κ3) is 2.38. The van der Waals surface area contributed by atoms with Crippen LogP contribution in [0.2, 0.25) is 0 Å². The molecule has 0 amide bonds. The molecule has 0 fully saturated rings. The molecule has 0 aliphatic heterocycles. The predicted molar refractivity (Wildman–Crippen MR) is 70.6 cm³/mol. The van der Waals surface area contributed by atoms with Crippen LogP contribution in [0.4, 0.5) is 4.39 Å². The van der Waals surface area contributed by atoms with Gasteiger partial charge in [-0.15, -0.1) is 11.8 Å². The van der Waals surface area contributed by atoms with Gasteiger partial charge in [-0.3, -0.25) is 0 Å². The molecule has 0 heterocycles. The summed E-state index contributed by atoms with van der Waals surface area (Å²) in [5, 5.41) is 9.15. The molecule has 92 valence electrons. The van der Waals surface area contributed by atoms with E-state index in [0.29, 0.717) is 5.56 Å². The molecule has 0 atom stereocenters. The fraction of sp³-hybridized carbons (Fsp3) is 0.0714. The summed E-state index contributed by atoms with van der Waals surface area (Å²) in [6, 6.07) is 11.1. The quantitative estimate of drug-likeness (QED) is 0.852. The van der Waals surface area contributed by atoms with E-state index >= 15 is 0 Å². The Morgan fingerprint density at radius 1 is 1.17 bits per heavy atom. The van der Waals surface area contributed by atoms with E-state index in [2.05, 4.69) is 0 Å². The van der Waals surface area contributed by atoms with Gasteiger partial charge in [-0.2, -0.15) is 0 Å². The van der Waals surface area contributed by atoms with Crippen molar-refractivity contribution >= 4 is 17.7 Å². The summed E-state index contributed by atoms with van der Waals surface area (Å²) >= 11 is 1.50. The highest BCUT2D eigenvalue weighted by Crippen LogP contribution is 2.32. The lowest BCUT2D eigenvalue weighted by Crippen LogP contribution is -2.00. The van der Waals surface area contributed by atoms with Crippen molar-refractivity contribution in [2.45, 2.75) is 4.90 Å². The molecule has 1 N–H and O–H groups in total. The number of thioether (sulfide) groups is 1. The zero-order chi connectivity index (χ0) is 13.1. The number of halogens is 1. The van der Waals surface area contributed by atoms with Gasteiger partial charge in [0.2, 0.25) is 0 Å². The molecule has 2 nitrogen and oxygen atoms in total. The highest BCUT2D eigenvalue weighted by Gasteiger charge is 2.14. The average molecular weight is 262 g/mol. The lowest BCUT2D eigenvalue weighted by Gasteiger charge is -2.10. The Morgan fingerprint density at radius 2 is 1.89 bits per heavy atom. The van der Waals surface area contributed by atoms with Gasteiger partial charge in [-0.1, -0.05) is 18.2 Å². The zero-order valence-corrected chi connectivity index (χ0v) is 10.5. The summed E-state index contributed by atoms with van der Waals surface area (Å²) in [6.45, 7) is 0. The molecule has 18 heavy (non-hydrogen) atoms. The van der Waals surface area contributed by atoms with E-state index < -0.39 is 11.8 Å². The maximum atomic E-state index is 13.3. The van der Waals surface area contributed by atoms with Crippen LogP contribution in [-0.2, 0) is 0 Å². The van der Waals surface area contributed by atoms with Crippen molar-refractivity contribution in [3.05, 3.63) is 53.8 Å². The predicted octanol–water partition coefficient (Wildman–Crippen LogP) is 3.91. The normalized spacial score (nSPS) is 10.3. The van der Waals surface area contributed by atoms with Gasteiger partial charge in [0.05, 0.1) is 5.56 Å². The number of benzene rings is 2. The number of aromatic carboxylic acids is 1. The van der Waals surface area contributed by atoms with Gasteiger partial charge in [-0.05, 0) is 36.1 Å². The Balaban J connectivity index is 2.69. The second-order valence-corrected chi connectivity index (χ2v) is 4.54. The van der Waals surface area contributed by atoms with Crippen LogP contribution in [0.1, 0.15) is 10.4 Å². The number of hydrogen-bond acceptors (Lipinski definition) is 2. The molecule has 0 aromatic heterocycles. The average Bonchev–Trinajstić information content (AvgIpc) is 2.38. The van der Waals surface area contributed by atoms with Crippen molar-refractivity contribution < 1.29 is 14.3 Å². The van der Waals surface area contributed by atoms with Crippen molar-refractivity contribution in [3.8, 4) is 11.1 Å². The van der Waals surface area contributed by atoms with Gasteiger partial charge in [0.1, 0.15) is 5.82 Å². The third-order valence-electron chi connectivity index (χ3n) is 2.61. The second-order valence-electron chi connectivity index (χ2n) is 3.70. The Bertz CT molecular complexity index is 596. The van der Waals surface area contributed by atoms with E-state index in [-0.39, 0.29) is 5.56 Å². The monoisotopic (exact) mass is 262 g/mol. The van der Waals surface area contributed by atoms with Crippen molar-refractivity contribution in [2.75, 3.05) is 6.26 Å². The summed E-state index contributed by atoms with van der Waals surface area (Å²) in [4.78, 5) is 12.1. The molecule has 0 spiro atoms. The van der Waals surface area contributed by atoms with Gasteiger partial charge in [0, 0.05) is 10.5 Å². The number of carboxylic acid groups (broad SMARTS) is 1. The Hall–Kier alpha value is -1.81. The molecule has 2 rings (SSSR count). The minimum absolute atomic E-state index is 0.109. The maximum absolute atomic E-state index is 13.3. The first-order valence-corrected chi connectivity index (χ1v) is 6.52. The van der Waals surface area contributed by atoms with E-state index in [1.165, 1.54) is 23.9 Å². The summed E-state index contributed by atoms with van der Waals surface area (Å²) < 4.78 is 13.3. The van der Waals surface area contributed by atoms with E-state index in [4.69, 9.17) is 5.11 Å². The van der Waals surface area contributed by atoms with Gasteiger partial charge < -0.3 is 5.11 Å². The lowest BCUT2D eigenvalue weighted by molar-refractivity contribution is 0.0697. The van der Waals surface area contributed by atoms with E-state index in [1.807, 2.05) is 24.5 Å². The van der Waals surface area contributed by atoms with Crippen molar-refractivity contribution in [1.82, 2.24) is 0 Å². The first-order valence-electron chi connectivity index (χ1n) is 5.29. The minimum Gasteiger partial charge on any atom is -0.478 e. The lowest BCUT2D eigenvalue weighted by atomic mass is 9.99. The standard InChI is InChI=1S/C14H11FO2S/c1-18-13-5-3-2-4-10(13)12-8-9(15)6-7-11(12)14(16)17/h2-8H,1H3,(H,16,17). The van der Waals surface area contributed by atoms with Crippen molar-refractivity contribution in [1.29, 1.82) is 0 Å². The van der Waals surface area contributed by atoms with Crippen LogP contribution in [0.3, 0.4) is 0 Å². The van der Waals surface area contributed by atoms with Gasteiger partial charge >= 0.3 is 5.97 Å². The van der Waals surface area contributed by atoms with Crippen LogP contribution < -0.4 is 0 Å². The molecule has 0 saturated carbocycles. The second kappa shape index (κ2) is 5.23. The van der Waals surface area contributed by atoms with Crippen molar-refractivity contribution in [3.63, 3.8) is 0 Å². The van der Waals surface area contributed by atoms with Crippen LogP contribution >= 0.6 is 11.8 Å². The van der Waals surface area contributed by atoms with E-state index in [0.717, 1.165) is 16.5 Å². The highest BCUT2D eigenvalue weighted by atomic mass is 32.2. The minimum atomic E-state index is -1.05. The molecule has 0 aliphatic carbocycles. The van der Waals surface area contributed by atoms with Gasteiger partial charge in [-0.25, -0.2) is 9.18 Å². The first-order chi connectivity index (χ1) is 8.63. The Labute approximate surface area is 108 Å².